The molecule has 0 aromatic heterocycles. The summed E-state index contributed by atoms with van der Waals surface area (Å²) >= 11 is 3.61. The highest BCUT2D eigenvalue weighted by Crippen LogP contribution is 2.29. The van der Waals surface area contributed by atoms with Crippen molar-refractivity contribution in [1.82, 2.24) is 5.32 Å². The first-order valence-corrected chi connectivity index (χ1v) is 6.64. The minimum atomic E-state index is 0.559. The summed E-state index contributed by atoms with van der Waals surface area (Å²) in [6.45, 7) is 8.84. The summed E-state index contributed by atoms with van der Waals surface area (Å²) in [5.41, 5.74) is 2.69. The zero-order chi connectivity index (χ0) is 11.7. The smallest absolute Gasteiger partial charge is 0.0410 e. The molecule has 0 bridgehead atoms. The van der Waals surface area contributed by atoms with Gasteiger partial charge in [0, 0.05) is 35.3 Å². The molecule has 1 saturated heterocycles. The Morgan fingerprint density at radius 1 is 1.38 bits per heavy atom. The Balaban J connectivity index is 2.31. The summed E-state index contributed by atoms with van der Waals surface area (Å²) in [4.78, 5) is 2.50. The van der Waals surface area contributed by atoms with Crippen LogP contribution in [0.4, 0.5) is 5.69 Å². The lowest BCUT2D eigenvalue weighted by Gasteiger charge is -2.40. The van der Waals surface area contributed by atoms with Crippen LogP contribution in [0.3, 0.4) is 0 Å². The number of hydrogen-bond donors (Lipinski definition) is 1. The molecule has 2 rings (SSSR count). The van der Waals surface area contributed by atoms with Gasteiger partial charge in [-0.25, -0.2) is 0 Å². The molecule has 0 spiro atoms. The zero-order valence-corrected chi connectivity index (χ0v) is 11.7. The van der Waals surface area contributed by atoms with Crippen LogP contribution in [0, 0.1) is 6.92 Å². The Labute approximate surface area is 106 Å². The van der Waals surface area contributed by atoms with Crippen LogP contribution in [-0.2, 0) is 0 Å². The van der Waals surface area contributed by atoms with Crippen LogP contribution >= 0.6 is 15.9 Å². The van der Waals surface area contributed by atoms with Gasteiger partial charge in [-0.2, -0.15) is 0 Å². The largest absolute Gasteiger partial charge is 0.366 e. The molecule has 1 aliphatic rings. The number of piperazine rings is 1. The highest BCUT2D eigenvalue weighted by atomic mass is 79.9. The van der Waals surface area contributed by atoms with Gasteiger partial charge in [-0.05, 0) is 38.5 Å². The van der Waals surface area contributed by atoms with E-state index in [2.05, 4.69) is 65.1 Å². The molecule has 1 aliphatic heterocycles. The molecule has 1 fully saturated rings. The van der Waals surface area contributed by atoms with Gasteiger partial charge in [0.2, 0.25) is 0 Å². The second-order valence-electron chi connectivity index (χ2n) is 4.69. The van der Waals surface area contributed by atoms with Crippen LogP contribution in [0.15, 0.2) is 22.7 Å². The van der Waals surface area contributed by atoms with E-state index in [4.69, 9.17) is 0 Å². The van der Waals surface area contributed by atoms with Crippen molar-refractivity contribution < 1.29 is 0 Å². The summed E-state index contributed by atoms with van der Waals surface area (Å²) in [5, 5.41) is 3.51. The molecule has 1 heterocycles. The average Bonchev–Trinajstić information content (AvgIpc) is 2.26. The highest BCUT2D eigenvalue weighted by molar-refractivity contribution is 9.10. The normalized spacial score (nSPS) is 25.9. The predicted molar refractivity (Wildman–Crippen MR) is 73.2 cm³/mol. The van der Waals surface area contributed by atoms with Crippen LogP contribution in [-0.4, -0.2) is 25.2 Å². The number of benzene rings is 1. The first-order chi connectivity index (χ1) is 7.59. The second kappa shape index (κ2) is 4.76. The average molecular weight is 283 g/mol. The molecule has 2 nitrogen and oxygen atoms in total. The summed E-state index contributed by atoms with van der Waals surface area (Å²) in [6, 6.07) is 7.56. The number of hydrogen-bond acceptors (Lipinski definition) is 2. The second-order valence-corrected chi connectivity index (χ2v) is 5.55. The lowest BCUT2D eigenvalue weighted by molar-refractivity contribution is 0.424. The van der Waals surface area contributed by atoms with E-state index in [-0.39, 0.29) is 0 Å². The molecule has 2 atom stereocenters. The number of anilines is 1. The van der Waals surface area contributed by atoms with E-state index < -0.39 is 0 Å². The Kier molecular flexibility index (Phi) is 3.55. The van der Waals surface area contributed by atoms with Gasteiger partial charge >= 0.3 is 0 Å². The fraction of sp³-hybridized carbons (Fsp3) is 0.538. The van der Waals surface area contributed by atoms with Crippen LogP contribution in [0.25, 0.3) is 0 Å². The molecular formula is C13H19BrN2. The molecule has 1 N–H and O–H groups in total. The Morgan fingerprint density at radius 2 is 2.12 bits per heavy atom. The maximum absolute atomic E-state index is 3.61. The third-order valence-corrected chi connectivity index (χ3v) is 4.17. The van der Waals surface area contributed by atoms with E-state index >= 15 is 0 Å². The van der Waals surface area contributed by atoms with E-state index in [0.29, 0.717) is 12.1 Å². The third kappa shape index (κ3) is 2.25. The maximum Gasteiger partial charge on any atom is 0.0410 e. The molecule has 0 amide bonds. The van der Waals surface area contributed by atoms with E-state index in [9.17, 15) is 0 Å². The van der Waals surface area contributed by atoms with Crippen molar-refractivity contribution in [2.75, 3.05) is 18.0 Å². The number of nitrogens with one attached hydrogen (secondary N) is 1. The molecule has 1 aromatic carbocycles. The van der Waals surface area contributed by atoms with Crippen LogP contribution in [0.1, 0.15) is 19.4 Å². The van der Waals surface area contributed by atoms with Crippen LogP contribution in [0.2, 0.25) is 0 Å². The number of halogens is 1. The molecule has 88 valence electrons. The molecule has 0 saturated carbocycles. The first-order valence-electron chi connectivity index (χ1n) is 5.84. The minimum Gasteiger partial charge on any atom is -0.366 e. The summed E-state index contributed by atoms with van der Waals surface area (Å²) in [5.74, 6) is 0. The van der Waals surface area contributed by atoms with Crippen molar-refractivity contribution in [2.45, 2.75) is 32.9 Å². The van der Waals surface area contributed by atoms with Crippen molar-refractivity contribution >= 4 is 21.6 Å². The van der Waals surface area contributed by atoms with Gasteiger partial charge < -0.3 is 10.2 Å². The van der Waals surface area contributed by atoms with Gasteiger partial charge in [-0.1, -0.05) is 22.0 Å². The third-order valence-electron chi connectivity index (χ3n) is 3.31. The van der Waals surface area contributed by atoms with E-state index in [1.165, 1.54) is 15.7 Å². The van der Waals surface area contributed by atoms with Crippen molar-refractivity contribution in [3.8, 4) is 0 Å². The topological polar surface area (TPSA) is 15.3 Å². The van der Waals surface area contributed by atoms with Crippen molar-refractivity contribution in [3.63, 3.8) is 0 Å². The quantitative estimate of drug-likeness (QED) is 0.852. The Hall–Kier alpha value is -0.540. The molecular weight excluding hydrogens is 264 g/mol. The van der Waals surface area contributed by atoms with Gasteiger partial charge in [-0.3, -0.25) is 0 Å². The van der Waals surface area contributed by atoms with E-state index in [0.717, 1.165) is 13.1 Å². The molecule has 3 heteroatoms. The first kappa shape index (κ1) is 11.9. The number of nitrogens with zero attached hydrogens (tertiary/aromatic N) is 1. The van der Waals surface area contributed by atoms with Crippen LogP contribution < -0.4 is 10.2 Å². The standard InChI is InChI=1S/C13H19BrN2/c1-9-8-16(10(2)7-15-9)13-6-4-5-12(14)11(13)3/h4-6,9-10,15H,7-8H2,1-3H3. The highest BCUT2D eigenvalue weighted by Gasteiger charge is 2.23. The zero-order valence-electron chi connectivity index (χ0n) is 10.1. The van der Waals surface area contributed by atoms with Gasteiger partial charge in [-0.15, -0.1) is 0 Å². The molecule has 0 radical (unpaired) electrons. The van der Waals surface area contributed by atoms with E-state index in [1.807, 2.05) is 0 Å². The van der Waals surface area contributed by atoms with E-state index in [1.54, 1.807) is 0 Å². The van der Waals surface area contributed by atoms with Gasteiger partial charge in [0.15, 0.2) is 0 Å². The maximum atomic E-state index is 3.61. The summed E-state index contributed by atoms with van der Waals surface area (Å²) in [7, 11) is 0. The number of rotatable bonds is 1. The van der Waals surface area contributed by atoms with Crippen molar-refractivity contribution in [1.29, 1.82) is 0 Å². The van der Waals surface area contributed by atoms with Crippen molar-refractivity contribution in [2.24, 2.45) is 0 Å². The SMILES string of the molecule is Cc1c(Br)cccc1N1CC(C)NCC1C. The van der Waals surface area contributed by atoms with Gasteiger partial charge in [0.05, 0.1) is 0 Å². The van der Waals surface area contributed by atoms with Gasteiger partial charge in [0.1, 0.15) is 0 Å². The van der Waals surface area contributed by atoms with Crippen LogP contribution in [0.5, 0.6) is 0 Å². The lowest BCUT2D eigenvalue weighted by Crippen LogP contribution is -2.54. The van der Waals surface area contributed by atoms with Crippen molar-refractivity contribution in [3.05, 3.63) is 28.2 Å². The molecule has 0 aliphatic carbocycles. The molecule has 1 aromatic rings. The minimum absolute atomic E-state index is 0.559. The predicted octanol–water partition coefficient (Wildman–Crippen LogP) is 2.94. The molecule has 2 unspecified atom stereocenters. The summed E-state index contributed by atoms with van der Waals surface area (Å²) in [6.07, 6.45) is 0. The fourth-order valence-electron chi connectivity index (χ4n) is 2.26. The molecule has 16 heavy (non-hydrogen) atoms. The van der Waals surface area contributed by atoms with Gasteiger partial charge in [0.25, 0.3) is 0 Å². The Morgan fingerprint density at radius 3 is 2.88 bits per heavy atom. The lowest BCUT2D eigenvalue weighted by atomic mass is 10.1. The Bertz CT molecular complexity index is 378. The summed E-state index contributed by atoms with van der Waals surface area (Å²) < 4.78 is 1.20. The fourth-order valence-corrected chi connectivity index (χ4v) is 2.62. The monoisotopic (exact) mass is 282 g/mol.